The Kier molecular flexibility index (Phi) is 5.13. The van der Waals surface area contributed by atoms with Crippen LogP contribution in [0, 0.1) is 40.4 Å². The maximum atomic E-state index is 15.3. The fourth-order valence-electron chi connectivity index (χ4n) is 8.03. The number of fused-ring (bicyclic) bond motifs is 5. The summed E-state index contributed by atoms with van der Waals surface area (Å²) >= 11 is 0. The minimum atomic E-state index is -0.848. The zero-order valence-electron chi connectivity index (χ0n) is 17.5. The zero-order chi connectivity index (χ0) is 20.3. The van der Waals surface area contributed by atoms with Crippen molar-refractivity contribution in [2.24, 2.45) is 40.4 Å². The molecule has 4 aliphatic rings. The Balaban J connectivity index is 1.55. The lowest BCUT2D eigenvalue weighted by Crippen LogP contribution is -2.57. The van der Waals surface area contributed by atoms with Crippen molar-refractivity contribution in [3.8, 4) is 0 Å². The van der Waals surface area contributed by atoms with Crippen LogP contribution in [0.15, 0.2) is 0 Å². The number of carbonyl (C=O) groups excluding carboxylic acids is 2. The molecule has 0 unspecified atom stereocenters. The minimum Gasteiger partial charge on any atom is -0.458 e. The van der Waals surface area contributed by atoms with E-state index < -0.39 is 12.1 Å². The van der Waals surface area contributed by atoms with Crippen LogP contribution in [0.3, 0.4) is 0 Å². The molecule has 4 rings (SSSR count). The summed E-state index contributed by atoms with van der Waals surface area (Å²) in [5.74, 6) is 0.729. The summed E-state index contributed by atoms with van der Waals surface area (Å²) in [5.41, 5.74) is -0.127. The van der Waals surface area contributed by atoms with Crippen LogP contribution in [-0.2, 0) is 14.3 Å². The van der Waals surface area contributed by atoms with Gasteiger partial charge in [0.1, 0.15) is 12.8 Å². The van der Waals surface area contributed by atoms with E-state index in [0.717, 1.165) is 38.5 Å². The Morgan fingerprint density at radius 2 is 1.68 bits per heavy atom. The molecule has 0 aromatic heterocycles. The molecule has 0 aromatic carbocycles. The normalized spacial score (nSPS) is 50.2. The molecule has 1 N–H and O–H groups in total. The van der Waals surface area contributed by atoms with Crippen molar-refractivity contribution in [1.29, 1.82) is 0 Å². The highest BCUT2D eigenvalue weighted by molar-refractivity contribution is 5.85. The van der Waals surface area contributed by atoms with Crippen molar-refractivity contribution < 1.29 is 23.8 Å². The first-order chi connectivity index (χ1) is 13.2. The summed E-state index contributed by atoms with van der Waals surface area (Å²) in [6, 6.07) is 0. The Morgan fingerprint density at radius 1 is 1.00 bits per heavy atom. The molecule has 4 nitrogen and oxygen atoms in total. The maximum Gasteiger partial charge on any atom is 0.303 e. The second kappa shape index (κ2) is 7.07. The van der Waals surface area contributed by atoms with Crippen LogP contribution >= 0.6 is 0 Å². The van der Waals surface area contributed by atoms with Crippen LogP contribution in [0.2, 0.25) is 0 Å². The summed E-state index contributed by atoms with van der Waals surface area (Å²) < 4.78 is 20.3. The summed E-state index contributed by atoms with van der Waals surface area (Å²) in [7, 11) is 0. The number of rotatable bonds is 3. The highest BCUT2D eigenvalue weighted by Gasteiger charge is 2.63. The number of ether oxygens (including phenoxy) is 1. The van der Waals surface area contributed by atoms with Crippen molar-refractivity contribution in [3.63, 3.8) is 0 Å². The predicted molar refractivity (Wildman–Crippen MR) is 103 cm³/mol. The average Bonchev–Trinajstić information content (AvgIpc) is 2.99. The molecule has 0 bridgehead atoms. The maximum absolute atomic E-state index is 15.3. The van der Waals surface area contributed by atoms with Gasteiger partial charge < -0.3 is 9.84 Å². The molecule has 0 heterocycles. The highest BCUT2D eigenvalue weighted by Crippen LogP contribution is 2.67. The van der Waals surface area contributed by atoms with Gasteiger partial charge in [-0.2, -0.15) is 0 Å². The number of carbonyl (C=O) groups is 2. The van der Waals surface area contributed by atoms with Gasteiger partial charge in [-0.3, -0.25) is 9.59 Å². The number of alkyl halides is 1. The Labute approximate surface area is 167 Å². The van der Waals surface area contributed by atoms with E-state index in [4.69, 9.17) is 4.74 Å². The molecule has 158 valence electrons. The minimum absolute atomic E-state index is 0.0235. The van der Waals surface area contributed by atoms with E-state index in [9.17, 15) is 14.7 Å². The number of ketones is 1. The van der Waals surface area contributed by atoms with Crippen molar-refractivity contribution in [2.45, 2.75) is 84.4 Å². The van der Waals surface area contributed by atoms with E-state index in [1.807, 2.05) is 0 Å². The first-order valence-electron chi connectivity index (χ1n) is 11.1. The standard InChI is InChI=1S/C23H35FO4/c1-13(25)28-12-21(27)18-5-4-16-15-11-20(24)19-10-14(26)6-8-23(19,3)17(15)7-9-22(16,18)2/h14-20,26H,4-12H2,1-3H3/t14-,15+,16+,17+,18-,19+,20+,22+,23-/m1/s1. The first kappa shape index (κ1) is 20.3. The number of hydrogen-bond donors (Lipinski definition) is 1. The lowest BCUT2D eigenvalue weighted by Gasteiger charge is -2.61. The molecule has 0 aliphatic heterocycles. The molecular weight excluding hydrogens is 359 g/mol. The van der Waals surface area contributed by atoms with Gasteiger partial charge in [0.05, 0.1) is 6.10 Å². The molecule has 28 heavy (non-hydrogen) atoms. The third kappa shape index (κ3) is 3.03. The van der Waals surface area contributed by atoms with E-state index in [1.54, 1.807) is 0 Å². The lowest BCUT2D eigenvalue weighted by atomic mass is 9.44. The summed E-state index contributed by atoms with van der Waals surface area (Å²) in [5, 5.41) is 10.1. The number of halogens is 1. The second-order valence-corrected chi connectivity index (χ2v) is 10.6. The van der Waals surface area contributed by atoms with E-state index in [-0.39, 0.29) is 41.2 Å². The summed E-state index contributed by atoms with van der Waals surface area (Å²) in [6.45, 7) is 5.70. The van der Waals surface area contributed by atoms with Crippen molar-refractivity contribution in [1.82, 2.24) is 0 Å². The van der Waals surface area contributed by atoms with Gasteiger partial charge in [-0.15, -0.1) is 0 Å². The molecule has 4 aliphatic carbocycles. The van der Waals surface area contributed by atoms with Crippen molar-refractivity contribution in [3.05, 3.63) is 0 Å². The van der Waals surface area contributed by atoms with E-state index in [2.05, 4.69) is 13.8 Å². The third-order valence-corrected chi connectivity index (χ3v) is 9.41. The van der Waals surface area contributed by atoms with Gasteiger partial charge >= 0.3 is 5.97 Å². The highest BCUT2D eigenvalue weighted by atomic mass is 19.1. The number of hydrogen-bond acceptors (Lipinski definition) is 4. The quantitative estimate of drug-likeness (QED) is 0.733. The summed E-state index contributed by atoms with van der Waals surface area (Å²) in [6.07, 6.45) is 5.55. The van der Waals surface area contributed by atoms with E-state index in [0.29, 0.717) is 30.6 Å². The van der Waals surface area contributed by atoms with Gasteiger partial charge in [0.25, 0.3) is 0 Å². The van der Waals surface area contributed by atoms with Crippen LogP contribution in [0.5, 0.6) is 0 Å². The lowest BCUT2D eigenvalue weighted by molar-refractivity contribution is -0.160. The van der Waals surface area contributed by atoms with Crippen molar-refractivity contribution >= 4 is 11.8 Å². The Bertz CT molecular complexity index is 651. The largest absolute Gasteiger partial charge is 0.458 e. The predicted octanol–water partition coefficient (Wildman–Crippen LogP) is 4.09. The van der Waals surface area contributed by atoms with Gasteiger partial charge in [-0.05, 0) is 85.9 Å². The van der Waals surface area contributed by atoms with Gasteiger partial charge in [0, 0.05) is 12.8 Å². The monoisotopic (exact) mass is 394 g/mol. The fourth-order valence-corrected chi connectivity index (χ4v) is 8.03. The number of aliphatic hydroxyl groups excluding tert-OH is 1. The molecule has 4 fully saturated rings. The van der Waals surface area contributed by atoms with Crippen LogP contribution in [-0.4, -0.2) is 35.7 Å². The van der Waals surface area contributed by atoms with Crippen LogP contribution in [0.4, 0.5) is 4.39 Å². The molecule has 0 aromatic rings. The molecular formula is C23H35FO4. The molecule has 0 radical (unpaired) electrons. The molecule has 5 heteroatoms. The summed E-state index contributed by atoms with van der Waals surface area (Å²) in [4.78, 5) is 23.9. The van der Waals surface area contributed by atoms with E-state index >= 15 is 4.39 Å². The van der Waals surface area contributed by atoms with Crippen molar-refractivity contribution in [2.75, 3.05) is 6.61 Å². The Hall–Kier alpha value is -0.970. The van der Waals surface area contributed by atoms with Gasteiger partial charge in [-0.25, -0.2) is 4.39 Å². The van der Waals surface area contributed by atoms with Gasteiger partial charge in [0.2, 0.25) is 0 Å². The molecule has 0 spiro atoms. The van der Waals surface area contributed by atoms with Crippen LogP contribution in [0.25, 0.3) is 0 Å². The molecule has 0 amide bonds. The van der Waals surface area contributed by atoms with Crippen LogP contribution < -0.4 is 0 Å². The SMILES string of the molecule is CC(=O)OCC(=O)[C@H]1CC[C@H]2[C@@H]3C[C@H](F)[C@@H]4C[C@H](O)CC[C@]4(C)[C@H]3CC[C@]12C. The average molecular weight is 395 g/mol. The second-order valence-electron chi connectivity index (χ2n) is 10.6. The van der Waals surface area contributed by atoms with E-state index in [1.165, 1.54) is 6.92 Å². The fraction of sp³-hybridized carbons (Fsp3) is 0.913. The van der Waals surface area contributed by atoms with Gasteiger partial charge in [0.15, 0.2) is 5.78 Å². The number of aliphatic hydroxyl groups is 1. The topological polar surface area (TPSA) is 63.6 Å². The third-order valence-electron chi connectivity index (χ3n) is 9.41. The smallest absolute Gasteiger partial charge is 0.303 e. The first-order valence-corrected chi connectivity index (χ1v) is 11.1. The van der Waals surface area contributed by atoms with Crippen LogP contribution in [0.1, 0.15) is 72.1 Å². The number of Topliss-reactive ketones (excluding diaryl/α,β-unsaturated/α-hetero) is 1. The number of esters is 1. The van der Waals surface area contributed by atoms with Gasteiger partial charge in [-0.1, -0.05) is 13.8 Å². The Morgan fingerprint density at radius 3 is 2.39 bits per heavy atom. The molecule has 0 saturated heterocycles. The molecule has 9 atom stereocenters. The zero-order valence-corrected chi connectivity index (χ0v) is 17.5. The molecule has 4 saturated carbocycles.